The van der Waals surface area contributed by atoms with E-state index in [1.54, 1.807) is 30.3 Å². The highest BCUT2D eigenvalue weighted by Gasteiger charge is 2.38. The SMILES string of the molecule is NC(=O)C(O)(c1ccccc1)c1cccc(S(=O)(=O)NCCN2CCOCC2)c1. The molecule has 0 bridgehead atoms. The molecular weight excluding hydrogens is 394 g/mol. The maximum absolute atomic E-state index is 12.7. The number of hydrogen-bond donors (Lipinski definition) is 3. The van der Waals surface area contributed by atoms with Crippen LogP contribution in [0.4, 0.5) is 0 Å². The van der Waals surface area contributed by atoms with Crippen molar-refractivity contribution in [1.29, 1.82) is 0 Å². The maximum Gasteiger partial charge on any atom is 0.258 e. The minimum Gasteiger partial charge on any atom is -0.379 e. The van der Waals surface area contributed by atoms with Crippen molar-refractivity contribution in [3.05, 3.63) is 65.7 Å². The smallest absolute Gasteiger partial charge is 0.258 e. The molecule has 4 N–H and O–H groups in total. The van der Waals surface area contributed by atoms with Crippen LogP contribution in [0.1, 0.15) is 11.1 Å². The number of carbonyl (C=O) groups excluding carboxylic acids is 1. The molecule has 0 spiro atoms. The molecule has 1 unspecified atom stereocenters. The predicted octanol–water partition coefficient (Wildman–Crippen LogP) is 0.0183. The number of benzene rings is 2. The fourth-order valence-corrected chi connectivity index (χ4v) is 4.33. The molecule has 0 aromatic heterocycles. The molecule has 1 heterocycles. The summed E-state index contributed by atoms with van der Waals surface area (Å²) >= 11 is 0. The fourth-order valence-electron chi connectivity index (χ4n) is 3.27. The zero-order valence-corrected chi connectivity index (χ0v) is 16.8. The number of morpholine rings is 1. The van der Waals surface area contributed by atoms with Crippen LogP contribution in [-0.4, -0.2) is 63.7 Å². The summed E-state index contributed by atoms with van der Waals surface area (Å²) in [5, 5.41) is 11.1. The lowest BCUT2D eigenvalue weighted by molar-refractivity contribution is -0.133. The number of amides is 1. The number of carbonyl (C=O) groups is 1. The van der Waals surface area contributed by atoms with Gasteiger partial charge in [-0.05, 0) is 23.3 Å². The van der Waals surface area contributed by atoms with Gasteiger partial charge in [0.2, 0.25) is 10.0 Å². The summed E-state index contributed by atoms with van der Waals surface area (Å²) in [5.74, 6) is -0.987. The Bertz CT molecular complexity index is 946. The van der Waals surface area contributed by atoms with Gasteiger partial charge in [0.15, 0.2) is 5.60 Å². The Balaban J connectivity index is 1.81. The summed E-state index contributed by atoms with van der Waals surface area (Å²) in [4.78, 5) is 14.2. The molecule has 3 rings (SSSR count). The Morgan fingerprint density at radius 3 is 2.41 bits per heavy atom. The molecule has 1 saturated heterocycles. The molecule has 9 heteroatoms. The minimum atomic E-state index is -3.82. The number of rotatable bonds is 8. The van der Waals surface area contributed by atoms with Gasteiger partial charge in [0, 0.05) is 26.2 Å². The molecule has 1 aliphatic heterocycles. The second-order valence-corrected chi connectivity index (χ2v) is 8.59. The lowest BCUT2D eigenvalue weighted by Crippen LogP contribution is -2.42. The summed E-state index contributed by atoms with van der Waals surface area (Å²) in [6, 6.07) is 13.8. The van der Waals surface area contributed by atoms with E-state index in [0.717, 1.165) is 13.1 Å². The molecule has 1 fully saturated rings. The van der Waals surface area contributed by atoms with Gasteiger partial charge in [0.25, 0.3) is 5.91 Å². The van der Waals surface area contributed by atoms with Crippen LogP contribution in [0.15, 0.2) is 59.5 Å². The van der Waals surface area contributed by atoms with E-state index in [2.05, 4.69) is 9.62 Å². The monoisotopic (exact) mass is 419 g/mol. The van der Waals surface area contributed by atoms with Gasteiger partial charge in [-0.25, -0.2) is 13.1 Å². The number of hydrogen-bond acceptors (Lipinski definition) is 6. The average molecular weight is 420 g/mol. The van der Waals surface area contributed by atoms with Crippen molar-refractivity contribution in [1.82, 2.24) is 9.62 Å². The first-order valence-corrected chi connectivity index (χ1v) is 10.8. The first-order chi connectivity index (χ1) is 13.8. The second kappa shape index (κ2) is 9.02. The Morgan fingerprint density at radius 1 is 1.10 bits per heavy atom. The largest absolute Gasteiger partial charge is 0.379 e. The third-order valence-corrected chi connectivity index (χ3v) is 6.39. The molecule has 156 valence electrons. The van der Waals surface area contributed by atoms with Gasteiger partial charge >= 0.3 is 0 Å². The van der Waals surface area contributed by atoms with Crippen LogP contribution in [0.25, 0.3) is 0 Å². The van der Waals surface area contributed by atoms with E-state index in [1.165, 1.54) is 24.3 Å². The summed E-state index contributed by atoms with van der Waals surface area (Å²) in [7, 11) is -3.82. The third-order valence-electron chi connectivity index (χ3n) is 4.93. The molecule has 8 nitrogen and oxygen atoms in total. The molecule has 1 aliphatic rings. The summed E-state index contributed by atoms with van der Waals surface area (Å²) < 4.78 is 33.3. The van der Waals surface area contributed by atoms with Gasteiger partial charge in [-0.15, -0.1) is 0 Å². The van der Waals surface area contributed by atoms with Gasteiger partial charge in [-0.1, -0.05) is 42.5 Å². The van der Waals surface area contributed by atoms with Gasteiger partial charge in [-0.2, -0.15) is 0 Å². The number of nitrogens with one attached hydrogen (secondary N) is 1. The van der Waals surface area contributed by atoms with Gasteiger partial charge in [0.1, 0.15) is 0 Å². The van der Waals surface area contributed by atoms with Crippen molar-refractivity contribution in [2.45, 2.75) is 10.5 Å². The lowest BCUT2D eigenvalue weighted by Gasteiger charge is -2.27. The van der Waals surface area contributed by atoms with Gasteiger partial charge in [0.05, 0.1) is 18.1 Å². The third kappa shape index (κ3) is 4.82. The maximum atomic E-state index is 12.7. The Kier molecular flexibility index (Phi) is 6.66. The first-order valence-electron chi connectivity index (χ1n) is 9.32. The van der Waals surface area contributed by atoms with Crippen LogP contribution in [0.3, 0.4) is 0 Å². The number of sulfonamides is 1. The number of nitrogens with two attached hydrogens (primary N) is 1. The Hall–Kier alpha value is -2.30. The van der Waals surface area contributed by atoms with E-state index >= 15 is 0 Å². The van der Waals surface area contributed by atoms with E-state index in [1.807, 2.05) is 0 Å². The minimum absolute atomic E-state index is 0.0485. The van der Waals surface area contributed by atoms with Crippen LogP contribution in [0, 0.1) is 0 Å². The topological polar surface area (TPSA) is 122 Å². The standard InChI is InChI=1S/C20H25N3O5S/c21-19(24)20(25,16-5-2-1-3-6-16)17-7-4-8-18(15-17)29(26,27)22-9-10-23-11-13-28-14-12-23/h1-8,15,22,25H,9-14H2,(H2,21,24). The van der Waals surface area contributed by atoms with E-state index in [9.17, 15) is 18.3 Å². The summed E-state index contributed by atoms with van der Waals surface area (Å²) in [6.45, 7) is 3.61. The van der Waals surface area contributed by atoms with Crippen molar-refractivity contribution in [2.24, 2.45) is 5.73 Å². The van der Waals surface area contributed by atoms with Crippen molar-refractivity contribution in [2.75, 3.05) is 39.4 Å². The molecule has 1 amide bonds. The number of ether oxygens (including phenoxy) is 1. The highest BCUT2D eigenvalue weighted by Crippen LogP contribution is 2.30. The quantitative estimate of drug-likeness (QED) is 0.554. The normalized spacial score (nSPS) is 17.6. The van der Waals surface area contributed by atoms with Crippen molar-refractivity contribution < 1.29 is 23.1 Å². The second-order valence-electron chi connectivity index (χ2n) is 6.82. The van der Waals surface area contributed by atoms with Gasteiger partial charge in [-0.3, -0.25) is 9.69 Å². The van der Waals surface area contributed by atoms with Crippen LogP contribution in [0.5, 0.6) is 0 Å². The Morgan fingerprint density at radius 2 is 1.76 bits per heavy atom. The number of primary amides is 1. The number of aliphatic hydroxyl groups is 1. The van der Waals surface area contributed by atoms with Crippen molar-refractivity contribution in [3.8, 4) is 0 Å². The van der Waals surface area contributed by atoms with Crippen molar-refractivity contribution >= 4 is 15.9 Å². The van der Waals surface area contributed by atoms with E-state index < -0.39 is 21.5 Å². The molecule has 29 heavy (non-hydrogen) atoms. The van der Waals surface area contributed by atoms with E-state index in [-0.39, 0.29) is 22.6 Å². The summed E-state index contributed by atoms with van der Waals surface area (Å²) in [6.07, 6.45) is 0. The molecule has 2 aromatic carbocycles. The van der Waals surface area contributed by atoms with E-state index in [0.29, 0.717) is 19.8 Å². The highest BCUT2D eigenvalue weighted by atomic mass is 32.2. The van der Waals surface area contributed by atoms with Crippen LogP contribution < -0.4 is 10.5 Å². The number of nitrogens with zero attached hydrogens (tertiary/aromatic N) is 1. The fraction of sp³-hybridized carbons (Fsp3) is 0.350. The molecule has 0 aliphatic carbocycles. The molecule has 2 aromatic rings. The predicted molar refractivity (Wildman–Crippen MR) is 108 cm³/mol. The molecular formula is C20H25N3O5S. The molecule has 0 saturated carbocycles. The molecule has 0 radical (unpaired) electrons. The highest BCUT2D eigenvalue weighted by molar-refractivity contribution is 7.89. The van der Waals surface area contributed by atoms with Crippen LogP contribution >= 0.6 is 0 Å². The van der Waals surface area contributed by atoms with Crippen LogP contribution in [-0.2, 0) is 25.2 Å². The van der Waals surface area contributed by atoms with Gasteiger partial charge < -0.3 is 15.6 Å². The Labute approximate surface area is 170 Å². The summed E-state index contributed by atoms with van der Waals surface area (Å²) in [5.41, 5.74) is 3.70. The van der Waals surface area contributed by atoms with E-state index in [4.69, 9.17) is 10.5 Å². The van der Waals surface area contributed by atoms with Crippen LogP contribution in [0.2, 0.25) is 0 Å². The zero-order valence-electron chi connectivity index (χ0n) is 16.0. The molecule has 1 atom stereocenters. The van der Waals surface area contributed by atoms with Crippen molar-refractivity contribution in [3.63, 3.8) is 0 Å². The first kappa shape index (κ1) is 21.4. The average Bonchev–Trinajstić information content (AvgIpc) is 2.74. The zero-order chi connectivity index (χ0) is 20.9. The lowest BCUT2D eigenvalue weighted by atomic mass is 9.86.